The van der Waals surface area contributed by atoms with Crippen LogP contribution in [-0.2, 0) is 16.1 Å². The first-order valence-electron chi connectivity index (χ1n) is 11.0. The Labute approximate surface area is 178 Å². The second-order valence-electron chi connectivity index (χ2n) is 9.64. The maximum Gasteiger partial charge on any atom is 0.410 e. The lowest BCUT2D eigenvalue weighted by Gasteiger charge is -2.57. The van der Waals surface area contributed by atoms with Gasteiger partial charge >= 0.3 is 12.2 Å². The van der Waals surface area contributed by atoms with Crippen molar-refractivity contribution in [2.24, 2.45) is 0 Å². The zero-order chi connectivity index (χ0) is 21.3. The second kappa shape index (κ2) is 8.46. The highest BCUT2D eigenvalue weighted by atomic mass is 16.6. The van der Waals surface area contributed by atoms with Crippen molar-refractivity contribution in [3.63, 3.8) is 0 Å². The largest absolute Gasteiger partial charge is 0.445 e. The number of carbonyl (C=O) groups excluding carboxylic acids is 2. The Morgan fingerprint density at radius 2 is 1.60 bits per heavy atom. The molecule has 4 saturated heterocycles. The van der Waals surface area contributed by atoms with Crippen LogP contribution in [0.2, 0.25) is 0 Å². The SMILES string of the molecule is CC(C)(C)OC(=O)N1C2CC1CN(C1CCN(C(=O)OCc3ccccc3)CC1)C2. The van der Waals surface area contributed by atoms with Crippen LogP contribution in [0.5, 0.6) is 0 Å². The maximum absolute atomic E-state index is 12.4. The van der Waals surface area contributed by atoms with Crippen LogP contribution < -0.4 is 0 Å². The molecule has 0 saturated carbocycles. The molecule has 7 nitrogen and oxygen atoms in total. The molecule has 0 spiro atoms. The van der Waals surface area contributed by atoms with Gasteiger partial charge in [0.25, 0.3) is 0 Å². The molecule has 164 valence electrons. The van der Waals surface area contributed by atoms with Gasteiger partial charge in [-0.3, -0.25) is 9.80 Å². The quantitative estimate of drug-likeness (QED) is 0.756. The van der Waals surface area contributed by atoms with E-state index in [0.717, 1.165) is 51.0 Å². The van der Waals surface area contributed by atoms with Crippen molar-refractivity contribution < 1.29 is 19.1 Å². The molecule has 7 heteroatoms. The highest BCUT2D eigenvalue weighted by molar-refractivity contribution is 5.70. The summed E-state index contributed by atoms with van der Waals surface area (Å²) in [6.07, 6.45) is 2.56. The van der Waals surface area contributed by atoms with Crippen LogP contribution in [0.4, 0.5) is 9.59 Å². The van der Waals surface area contributed by atoms with Crippen molar-refractivity contribution in [2.75, 3.05) is 26.2 Å². The molecule has 2 amide bonds. The van der Waals surface area contributed by atoms with Gasteiger partial charge in [-0.1, -0.05) is 30.3 Å². The van der Waals surface area contributed by atoms with E-state index >= 15 is 0 Å². The lowest BCUT2D eigenvalue weighted by molar-refractivity contribution is -0.0901. The lowest BCUT2D eigenvalue weighted by Crippen LogP contribution is -2.72. The van der Waals surface area contributed by atoms with E-state index in [9.17, 15) is 9.59 Å². The fourth-order valence-corrected chi connectivity index (χ4v) is 4.78. The number of piperidine rings is 2. The van der Waals surface area contributed by atoms with E-state index in [4.69, 9.17) is 9.47 Å². The third-order valence-electron chi connectivity index (χ3n) is 6.27. The minimum atomic E-state index is -0.456. The van der Waals surface area contributed by atoms with Crippen LogP contribution in [0.25, 0.3) is 0 Å². The van der Waals surface area contributed by atoms with Gasteiger partial charge < -0.3 is 14.4 Å². The van der Waals surface area contributed by atoms with E-state index in [1.807, 2.05) is 60.9 Å². The average molecular weight is 416 g/mol. The van der Waals surface area contributed by atoms with Gasteiger partial charge in [0.05, 0.1) is 12.1 Å². The number of likely N-dealkylation sites (tertiary alicyclic amines) is 1. The first-order valence-corrected chi connectivity index (χ1v) is 11.0. The van der Waals surface area contributed by atoms with Crippen LogP contribution in [0, 0.1) is 0 Å². The first kappa shape index (κ1) is 21.0. The molecule has 2 atom stereocenters. The Morgan fingerprint density at radius 3 is 2.20 bits per heavy atom. The molecule has 0 N–H and O–H groups in total. The van der Waals surface area contributed by atoms with Gasteiger partial charge in [0.15, 0.2) is 0 Å². The third kappa shape index (κ3) is 4.72. The number of ether oxygens (including phenoxy) is 2. The van der Waals surface area contributed by atoms with Crippen molar-refractivity contribution >= 4 is 12.2 Å². The zero-order valence-electron chi connectivity index (χ0n) is 18.3. The number of nitrogens with zero attached hydrogens (tertiary/aromatic N) is 3. The fraction of sp³-hybridized carbons (Fsp3) is 0.652. The van der Waals surface area contributed by atoms with E-state index < -0.39 is 5.60 Å². The summed E-state index contributed by atoms with van der Waals surface area (Å²) in [5.74, 6) is 0. The van der Waals surface area contributed by atoms with Gasteiger partial charge in [-0.05, 0) is 45.6 Å². The molecule has 0 radical (unpaired) electrons. The summed E-state index contributed by atoms with van der Waals surface area (Å²) in [6, 6.07) is 10.7. The summed E-state index contributed by atoms with van der Waals surface area (Å²) < 4.78 is 11.0. The highest BCUT2D eigenvalue weighted by Gasteiger charge is 2.50. The van der Waals surface area contributed by atoms with Gasteiger partial charge in [-0.25, -0.2) is 9.59 Å². The third-order valence-corrected chi connectivity index (χ3v) is 6.27. The minimum Gasteiger partial charge on any atom is -0.445 e. The van der Waals surface area contributed by atoms with Crippen molar-refractivity contribution in [3.8, 4) is 0 Å². The molecular weight excluding hydrogens is 382 g/mol. The van der Waals surface area contributed by atoms with Crippen LogP contribution >= 0.6 is 0 Å². The molecule has 4 aliphatic rings. The van der Waals surface area contributed by atoms with Crippen LogP contribution in [-0.4, -0.2) is 76.8 Å². The molecule has 0 aromatic heterocycles. The van der Waals surface area contributed by atoms with Gasteiger partial charge in [0, 0.05) is 32.2 Å². The summed E-state index contributed by atoms with van der Waals surface area (Å²) in [6.45, 7) is 9.29. The summed E-state index contributed by atoms with van der Waals surface area (Å²) >= 11 is 0. The zero-order valence-corrected chi connectivity index (χ0v) is 18.3. The summed E-state index contributed by atoms with van der Waals surface area (Å²) in [4.78, 5) is 31.1. The van der Waals surface area contributed by atoms with Crippen molar-refractivity contribution in [3.05, 3.63) is 35.9 Å². The predicted octanol–water partition coefficient (Wildman–Crippen LogP) is 3.48. The fourth-order valence-electron chi connectivity index (χ4n) is 4.78. The first-order chi connectivity index (χ1) is 14.3. The Morgan fingerprint density at radius 1 is 0.967 bits per heavy atom. The number of piperazine rings is 1. The number of benzene rings is 1. The summed E-state index contributed by atoms with van der Waals surface area (Å²) in [5.41, 5.74) is 0.547. The Bertz CT molecular complexity index is 743. The Hall–Kier alpha value is -2.28. The standard InChI is InChI=1S/C23H33N3O4/c1-23(2,3)30-22(28)26-19-13-20(26)15-25(14-19)18-9-11-24(12-10-18)21(27)29-16-17-7-5-4-6-8-17/h4-8,18-20H,9-16H2,1-3H3. The summed E-state index contributed by atoms with van der Waals surface area (Å²) in [5, 5.41) is 0. The molecule has 1 aromatic carbocycles. The molecular formula is C23H33N3O4. The molecule has 2 unspecified atom stereocenters. The highest BCUT2D eigenvalue weighted by Crippen LogP contribution is 2.36. The van der Waals surface area contributed by atoms with Gasteiger partial charge in [0.2, 0.25) is 0 Å². The van der Waals surface area contributed by atoms with Crippen molar-refractivity contribution in [1.29, 1.82) is 0 Å². The monoisotopic (exact) mass is 415 g/mol. The average Bonchev–Trinajstić information content (AvgIpc) is 2.71. The van der Waals surface area contributed by atoms with E-state index in [0.29, 0.717) is 12.6 Å². The van der Waals surface area contributed by atoms with Gasteiger partial charge in [-0.2, -0.15) is 0 Å². The van der Waals surface area contributed by atoms with E-state index in [1.165, 1.54) is 0 Å². The van der Waals surface area contributed by atoms with Gasteiger partial charge in [-0.15, -0.1) is 0 Å². The Balaban J connectivity index is 1.21. The van der Waals surface area contributed by atoms with E-state index in [2.05, 4.69) is 4.90 Å². The summed E-state index contributed by atoms with van der Waals surface area (Å²) in [7, 11) is 0. The van der Waals surface area contributed by atoms with Gasteiger partial charge in [0.1, 0.15) is 12.2 Å². The topological polar surface area (TPSA) is 62.3 Å². The Kier molecular flexibility index (Phi) is 5.91. The molecule has 4 fully saturated rings. The minimum absolute atomic E-state index is 0.181. The number of hydrogen-bond donors (Lipinski definition) is 0. The van der Waals surface area contributed by atoms with Crippen molar-refractivity contribution in [1.82, 2.24) is 14.7 Å². The number of hydrogen-bond acceptors (Lipinski definition) is 5. The number of fused-ring (bicyclic) bond motifs is 2. The predicted molar refractivity (Wildman–Crippen MR) is 113 cm³/mol. The van der Waals surface area contributed by atoms with E-state index in [-0.39, 0.29) is 24.3 Å². The van der Waals surface area contributed by atoms with E-state index in [1.54, 1.807) is 0 Å². The molecule has 2 bridgehead atoms. The molecule has 4 heterocycles. The molecule has 5 rings (SSSR count). The van der Waals surface area contributed by atoms with Crippen LogP contribution in [0.1, 0.15) is 45.6 Å². The molecule has 0 aliphatic carbocycles. The van der Waals surface area contributed by atoms with Crippen molar-refractivity contribution in [2.45, 2.75) is 70.4 Å². The van der Waals surface area contributed by atoms with Crippen LogP contribution in [0.15, 0.2) is 30.3 Å². The number of carbonyl (C=O) groups is 2. The molecule has 4 aliphatic heterocycles. The smallest absolute Gasteiger partial charge is 0.410 e. The lowest BCUT2D eigenvalue weighted by atomic mass is 9.86. The molecule has 1 aromatic rings. The number of amides is 2. The van der Waals surface area contributed by atoms with Crippen LogP contribution in [0.3, 0.4) is 0 Å². The normalized spacial score (nSPS) is 24.9. The molecule has 30 heavy (non-hydrogen) atoms. The number of rotatable bonds is 3. The second-order valence-corrected chi connectivity index (χ2v) is 9.64. The maximum atomic E-state index is 12.4.